The summed E-state index contributed by atoms with van der Waals surface area (Å²) in [4.78, 5) is 31.6. The number of likely N-dealkylation sites (tertiary alicyclic amines) is 1. The number of carbonyl (C=O) groups excluding carboxylic acids is 2. The molecule has 2 fully saturated rings. The van der Waals surface area contributed by atoms with Gasteiger partial charge in [-0.15, -0.1) is 0 Å². The lowest BCUT2D eigenvalue weighted by Gasteiger charge is -2.40. The maximum atomic E-state index is 12.9. The highest BCUT2D eigenvalue weighted by molar-refractivity contribution is 5.92. The van der Waals surface area contributed by atoms with Crippen molar-refractivity contribution in [2.24, 2.45) is 0 Å². The SMILES string of the molecule is O=C(c1ccc(F)cn1)N1CCC(N2CCCNC2=O)CC1. The smallest absolute Gasteiger partial charge is 0.317 e. The first kappa shape index (κ1) is 14.7. The van der Waals surface area contributed by atoms with Crippen molar-refractivity contribution < 1.29 is 14.0 Å². The number of rotatable bonds is 2. The highest BCUT2D eigenvalue weighted by atomic mass is 19.1. The molecule has 2 aliphatic rings. The molecule has 6 nitrogen and oxygen atoms in total. The first-order valence-electron chi connectivity index (χ1n) is 7.60. The Morgan fingerprint density at radius 2 is 2.05 bits per heavy atom. The van der Waals surface area contributed by atoms with Crippen molar-refractivity contribution >= 4 is 11.9 Å². The number of urea groups is 1. The summed E-state index contributed by atoms with van der Waals surface area (Å²) in [5.41, 5.74) is 0.260. The predicted octanol–water partition coefficient (Wildman–Crippen LogP) is 1.24. The van der Waals surface area contributed by atoms with Gasteiger partial charge < -0.3 is 15.1 Å². The molecule has 3 rings (SSSR count). The zero-order valence-corrected chi connectivity index (χ0v) is 12.3. The van der Waals surface area contributed by atoms with E-state index in [0.29, 0.717) is 13.1 Å². The molecule has 0 unspecified atom stereocenters. The Balaban J connectivity index is 1.58. The van der Waals surface area contributed by atoms with Crippen LogP contribution in [0.15, 0.2) is 18.3 Å². The summed E-state index contributed by atoms with van der Waals surface area (Å²) < 4.78 is 12.9. The second-order valence-corrected chi connectivity index (χ2v) is 5.66. The average molecular weight is 306 g/mol. The van der Waals surface area contributed by atoms with E-state index in [2.05, 4.69) is 10.3 Å². The molecule has 1 aromatic rings. The van der Waals surface area contributed by atoms with Crippen LogP contribution in [0.25, 0.3) is 0 Å². The third-order valence-electron chi connectivity index (χ3n) is 4.25. The monoisotopic (exact) mass is 306 g/mol. The van der Waals surface area contributed by atoms with Crippen LogP contribution < -0.4 is 5.32 Å². The third-order valence-corrected chi connectivity index (χ3v) is 4.25. The van der Waals surface area contributed by atoms with Gasteiger partial charge in [-0.3, -0.25) is 4.79 Å². The van der Waals surface area contributed by atoms with Crippen molar-refractivity contribution in [2.75, 3.05) is 26.2 Å². The van der Waals surface area contributed by atoms with Crippen LogP contribution >= 0.6 is 0 Å². The van der Waals surface area contributed by atoms with Crippen LogP contribution in [-0.2, 0) is 0 Å². The van der Waals surface area contributed by atoms with Crippen LogP contribution in [0.3, 0.4) is 0 Å². The Hall–Kier alpha value is -2.18. The number of nitrogens with zero attached hydrogens (tertiary/aromatic N) is 3. The fraction of sp³-hybridized carbons (Fsp3) is 0.533. The average Bonchev–Trinajstić information content (AvgIpc) is 2.56. The number of aromatic nitrogens is 1. The first-order valence-corrected chi connectivity index (χ1v) is 7.60. The first-order chi connectivity index (χ1) is 10.6. The molecule has 3 heterocycles. The number of carbonyl (C=O) groups is 2. The summed E-state index contributed by atoms with van der Waals surface area (Å²) in [7, 11) is 0. The molecule has 118 valence electrons. The fourth-order valence-electron chi connectivity index (χ4n) is 3.04. The van der Waals surface area contributed by atoms with E-state index in [1.165, 1.54) is 12.1 Å². The molecule has 22 heavy (non-hydrogen) atoms. The Morgan fingerprint density at radius 1 is 1.27 bits per heavy atom. The van der Waals surface area contributed by atoms with Crippen LogP contribution in [0.5, 0.6) is 0 Å². The molecular weight excluding hydrogens is 287 g/mol. The van der Waals surface area contributed by atoms with E-state index in [-0.39, 0.29) is 23.7 Å². The van der Waals surface area contributed by atoms with E-state index in [0.717, 1.165) is 38.5 Å². The van der Waals surface area contributed by atoms with Crippen molar-refractivity contribution in [1.82, 2.24) is 20.1 Å². The normalized spacial score (nSPS) is 20.0. The highest BCUT2D eigenvalue weighted by Gasteiger charge is 2.31. The molecule has 0 spiro atoms. The Kier molecular flexibility index (Phi) is 4.22. The van der Waals surface area contributed by atoms with Gasteiger partial charge in [0.05, 0.1) is 6.20 Å². The second-order valence-electron chi connectivity index (χ2n) is 5.66. The molecule has 0 aliphatic carbocycles. The maximum Gasteiger partial charge on any atom is 0.317 e. The molecule has 1 N–H and O–H groups in total. The van der Waals surface area contributed by atoms with Gasteiger partial charge in [-0.1, -0.05) is 0 Å². The zero-order chi connectivity index (χ0) is 15.5. The fourth-order valence-corrected chi connectivity index (χ4v) is 3.04. The molecule has 0 atom stereocenters. The van der Waals surface area contributed by atoms with Gasteiger partial charge in [0.25, 0.3) is 5.91 Å². The Bertz CT molecular complexity index is 555. The molecule has 7 heteroatoms. The molecule has 2 saturated heterocycles. The second kappa shape index (κ2) is 6.29. The summed E-state index contributed by atoms with van der Waals surface area (Å²) in [5.74, 6) is -0.632. The minimum Gasteiger partial charge on any atom is -0.338 e. The van der Waals surface area contributed by atoms with Crippen LogP contribution in [0.1, 0.15) is 29.8 Å². The topological polar surface area (TPSA) is 65.5 Å². The Labute approximate surface area is 128 Å². The van der Waals surface area contributed by atoms with Gasteiger partial charge in [0.15, 0.2) is 0 Å². The van der Waals surface area contributed by atoms with Crippen molar-refractivity contribution in [3.63, 3.8) is 0 Å². The van der Waals surface area contributed by atoms with E-state index < -0.39 is 5.82 Å². The molecule has 0 bridgehead atoms. The molecule has 1 aromatic heterocycles. The minimum absolute atomic E-state index is 0.00349. The molecule has 0 aromatic carbocycles. The van der Waals surface area contributed by atoms with Gasteiger partial charge in [0.1, 0.15) is 11.5 Å². The number of hydrogen-bond acceptors (Lipinski definition) is 3. The van der Waals surface area contributed by atoms with Crippen LogP contribution in [0.2, 0.25) is 0 Å². The van der Waals surface area contributed by atoms with E-state index in [1.807, 2.05) is 4.90 Å². The standard InChI is InChI=1S/C15H19FN4O2/c16-11-2-3-13(18-10-11)14(21)19-8-4-12(5-9-19)20-7-1-6-17-15(20)22/h2-3,10,12H,1,4-9H2,(H,17,22). The van der Waals surface area contributed by atoms with Crippen LogP contribution in [0.4, 0.5) is 9.18 Å². The molecule has 3 amide bonds. The lowest BCUT2D eigenvalue weighted by atomic mass is 10.0. The minimum atomic E-state index is -0.452. The summed E-state index contributed by atoms with van der Waals surface area (Å²) in [6, 6.07) is 2.83. The van der Waals surface area contributed by atoms with E-state index >= 15 is 0 Å². The largest absolute Gasteiger partial charge is 0.338 e. The van der Waals surface area contributed by atoms with Gasteiger partial charge in [-0.2, -0.15) is 0 Å². The number of amides is 3. The summed E-state index contributed by atoms with van der Waals surface area (Å²) in [6.07, 6.45) is 3.54. The van der Waals surface area contributed by atoms with Crippen molar-refractivity contribution in [3.8, 4) is 0 Å². The zero-order valence-electron chi connectivity index (χ0n) is 12.3. The molecule has 2 aliphatic heterocycles. The highest BCUT2D eigenvalue weighted by Crippen LogP contribution is 2.19. The van der Waals surface area contributed by atoms with E-state index in [4.69, 9.17) is 0 Å². The summed E-state index contributed by atoms with van der Waals surface area (Å²) >= 11 is 0. The number of nitrogens with one attached hydrogen (secondary N) is 1. The number of piperidine rings is 1. The molecular formula is C15H19FN4O2. The lowest BCUT2D eigenvalue weighted by Crippen LogP contribution is -2.54. The van der Waals surface area contributed by atoms with E-state index in [9.17, 15) is 14.0 Å². The molecule has 0 saturated carbocycles. The van der Waals surface area contributed by atoms with Crippen LogP contribution in [0, 0.1) is 5.82 Å². The summed E-state index contributed by atoms with van der Waals surface area (Å²) in [5, 5.41) is 2.86. The molecule has 0 radical (unpaired) electrons. The number of pyridine rings is 1. The maximum absolute atomic E-state index is 12.9. The summed E-state index contributed by atoms with van der Waals surface area (Å²) in [6.45, 7) is 2.70. The van der Waals surface area contributed by atoms with Gasteiger partial charge in [-0.05, 0) is 31.4 Å². The quantitative estimate of drug-likeness (QED) is 0.894. The van der Waals surface area contributed by atoms with Gasteiger partial charge in [-0.25, -0.2) is 14.2 Å². The van der Waals surface area contributed by atoms with E-state index in [1.54, 1.807) is 4.90 Å². The predicted molar refractivity (Wildman–Crippen MR) is 77.8 cm³/mol. The van der Waals surface area contributed by atoms with Gasteiger partial charge >= 0.3 is 6.03 Å². The van der Waals surface area contributed by atoms with Crippen LogP contribution in [-0.4, -0.2) is 58.9 Å². The van der Waals surface area contributed by atoms with Gasteiger partial charge in [0.2, 0.25) is 0 Å². The van der Waals surface area contributed by atoms with Crippen molar-refractivity contribution in [2.45, 2.75) is 25.3 Å². The van der Waals surface area contributed by atoms with Crippen molar-refractivity contribution in [1.29, 1.82) is 0 Å². The number of halogens is 1. The van der Waals surface area contributed by atoms with Crippen molar-refractivity contribution in [3.05, 3.63) is 29.8 Å². The number of hydrogen-bond donors (Lipinski definition) is 1. The van der Waals surface area contributed by atoms with Gasteiger partial charge in [0, 0.05) is 32.2 Å². The third kappa shape index (κ3) is 3.03. The Morgan fingerprint density at radius 3 is 2.68 bits per heavy atom. The lowest BCUT2D eigenvalue weighted by molar-refractivity contribution is 0.0637.